The van der Waals surface area contributed by atoms with Gasteiger partial charge in [-0.25, -0.2) is 0 Å². The standard InChI is InChI=1S/C15H18N4O/c1-10-13(9-17-18(10)2)15(20)19-7-3-4-11-8-12(16)5-6-14(11)19/h5-6,8-9H,3-4,7,16H2,1-2H3. The van der Waals surface area contributed by atoms with Crippen molar-refractivity contribution < 1.29 is 4.79 Å². The van der Waals surface area contributed by atoms with Crippen molar-refractivity contribution in [3.05, 3.63) is 41.2 Å². The fourth-order valence-corrected chi connectivity index (χ4v) is 2.68. The highest BCUT2D eigenvalue weighted by atomic mass is 16.2. The number of nitrogen functional groups attached to an aromatic ring is 1. The van der Waals surface area contributed by atoms with Crippen LogP contribution in [0.2, 0.25) is 0 Å². The van der Waals surface area contributed by atoms with Crippen LogP contribution in [0.1, 0.15) is 28.0 Å². The van der Waals surface area contributed by atoms with Gasteiger partial charge in [0, 0.05) is 30.7 Å². The van der Waals surface area contributed by atoms with Crippen molar-refractivity contribution in [3.8, 4) is 0 Å². The van der Waals surface area contributed by atoms with E-state index in [0.29, 0.717) is 5.56 Å². The maximum absolute atomic E-state index is 12.7. The quantitative estimate of drug-likeness (QED) is 0.805. The topological polar surface area (TPSA) is 64.2 Å². The number of nitrogens with two attached hydrogens (primary N) is 1. The van der Waals surface area contributed by atoms with Gasteiger partial charge < -0.3 is 10.6 Å². The van der Waals surface area contributed by atoms with E-state index in [1.54, 1.807) is 10.9 Å². The predicted molar refractivity (Wildman–Crippen MR) is 78.8 cm³/mol. The monoisotopic (exact) mass is 270 g/mol. The second-order valence-electron chi connectivity index (χ2n) is 5.22. The number of fused-ring (bicyclic) bond motifs is 1. The number of nitrogens with zero attached hydrogens (tertiary/aromatic N) is 3. The van der Waals surface area contributed by atoms with Crippen LogP contribution in [-0.4, -0.2) is 22.2 Å². The Bertz CT molecular complexity index is 675. The fraction of sp³-hybridized carbons (Fsp3) is 0.333. The molecular formula is C15H18N4O. The highest BCUT2D eigenvalue weighted by Crippen LogP contribution is 2.30. The number of benzene rings is 1. The highest BCUT2D eigenvalue weighted by molar-refractivity contribution is 6.07. The highest BCUT2D eigenvalue weighted by Gasteiger charge is 2.25. The molecule has 0 atom stereocenters. The number of aromatic nitrogens is 2. The van der Waals surface area contributed by atoms with Gasteiger partial charge in [-0.3, -0.25) is 9.48 Å². The zero-order chi connectivity index (χ0) is 14.3. The van der Waals surface area contributed by atoms with E-state index in [2.05, 4.69) is 5.10 Å². The maximum atomic E-state index is 12.7. The Morgan fingerprint density at radius 3 is 2.90 bits per heavy atom. The number of hydrogen-bond acceptors (Lipinski definition) is 3. The van der Waals surface area contributed by atoms with Crippen LogP contribution in [0.5, 0.6) is 0 Å². The lowest BCUT2D eigenvalue weighted by Gasteiger charge is -2.29. The van der Waals surface area contributed by atoms with Crippen molar-refractivity contribution in [1.82, 2.24) is 9.78 Å². The first-order chi connectivity index (χ1) is 9.58. The van der Waals surface area contributed by atoms with Gasteiger partial charge in [-0.05, 0) is 43.5 Å². The molecule has 1 amide bonds. The molecule has 1 aromatic heterocycles. The van der Waals surface area contributed by atoms with E-state index in [-0.39, 0.29) is 5.91 Å². The van der Waals surface area contributed by atoms with E-state index in [0.717, 1.165) is 42.0 Å². The summed E-state index contributed by atoms with van der Waals surface area (Å²) in [5.41, 5.74) is 10.2. The lowest BCUT2D eigenvalue weighted by Crippen LogP contribution is -2.35. The van der Waals surface area contributed by atoms with Crippen molar-refractivity contribution in [2.24, 2.45) is 7.05 Å². The van der Waals surface area contributed by atoms with Crippen molar-refractivity contribution in [2.45, 2.75) is 19.8 Å². The molecule has 0 radical (unpaired) electrons. The summed E-state index contributed by atoms with van der Waals surface area (Å²) in [6.07, 6.45) is 3.57. The van der Waals surface area contributed by atoms with E-state index in [9.17, 15) is 4.79 Å². The average Bonchev–Trinajstić information content (AvgIpc) is 2.77. The molecular weight excluding hydrogens is 252 g/mol. The molecule has 0 saturated carbocycles. The molecule has 0 bridgehead atoms. The molecule has 0 fully saturated rings. The molecule has 2 N–H and O–H groups in total. The summed E-state index contributed by atoms with van der Waals surface area (Å²) in [6.45, 7) is 2.65. The van der Waals surface area contributed by atoms with Gasteiger partial charge in [-0.1, -0.05) is 0 Å². The Labute approximate surface area is 118 Å². The summed E-state index contributed by atoms with van der Waals surface area (Å²) in [6, 6.07) is 5.75. The molecule has 5 nitrogen and oxygen atoms in total. The van der Waals surface area contributed by atoms with Gasteiger partial charge in [0.25, 0.3) is 5.91 Å². The fourth-order valence-electron chi connectivity index (χ4n) is 2.68. The SMILES string of the molecule is Cc1c(C(=O)N2CCCc3cc(N)ccc32)cnn1C. The van der Waals surface area contributed by atoms with Gasteiger partial charge in [0.15, 0.2) is 0 Å². The summed E-state index contributed by atoms with van der Waals surface area (Å²) >= 11 is 0. The number of carbonyl (C=O) groups excluding carboxylic acids is 1. The van der Waals surface area contributed by atoms with E-state index in [4.69, 9.17) is 5.73 Å². The van der Waals surface area contributed by atoms with E-state index >= 15 is 0 Å². The van der Waals surface area contributed by atoms with Crippen LogP contribution >= 0.6 is 0 Å². The molecule has 0 saturated heterocycles. The first-order valence-corrected chi connectivity index (χ1v) is 6.77. The van der Waals surface area contributed by atoms with Crippen molar-refractivity contribution in [3.63, 3.8) is 0 Å². The number of rotatable bonds is 1. The molecule has 0 aliphatic carbocycles. The van der Waals surface area contributed by atoms with E-state index in [1.165, 1.54) is 0 Å². The van der Waals surface area contributed by atoms with E-state index in [1.807, 2.05) is 37.1 Å². The minimum absolute atomic E-state index is 0.0151. The van der Waals surface area contributed by atoms with Gasteiger partial charge in [-0.15, -0.1) is 0 Å². The zero-order valence-electron chi connectivity index (χ0n) is 11.8. The Morgan fingerprint density at radius 2 is 2.20 bits per heavy atom. The Kier molecular flexibility index (Phi) is 2.97. The van der Waals surface area contributed by atoms with Crippen LogP contribution in [0.15, 0.2) is 24.4 Å². The molecule has 104 valence electrons. The molecule has 1 aliphatic heterocycles. The predicted octanol–water partition coefficient (Wildman–Crippen LogP) is 1.90. The molecule has 20 heavy (non-hydrogen) atoms. The summed E-state index contributed by atoms with van der Waals surface area (Å²) in [4.78, 5) is 14.6. The van der Waals surface area contributed by atoms with Gasteiger partial charge in [0.2, 0.25) is 0 Å². The molecule has 0 unspecified atom stereocenters. The summed E-state index contributed by atoms with van der Waals surface area (Å²) in [5, 5.41) is 4.15. The first kappa shape index (κ1) is 12.7. The summed E-state index contributed by atoms with van der Waals surface area (Å²) in [7, 11) is 1.84. The smallest absolute Gasteiger partial charge is 0.261 e. The second kappa shape index (κ2) is 4.67. The Balaban J connectivity index is 2.00. The molecule has 1 aromatic carbocycles. The number of carbonyl (C=O) groups is 1. The average molecular weight is 270 g/mol. The zero-order valence-corrected chi connectivity index (χ0v) is 11.8. The van der Waals surface area contributed by atoms with Crippen LogP contribution in [0.4, 0.5) is 11.4 Å². The third-order valence-corrected chi connectivity index (χ3v) is 3.93. The first-order valence-electron chi connectivity index (χ1n) is 6.77. The van der Waals surface area contributed by atoms with E-state index < -0.39 is 0 Å². The number of amides is 1. The number of hydrogen-bond donors (Lipinski definition) is 1. The van der Waals surface area contributed by atoms with Gasteiger partial charge in [0.1, 0.15) is 0 Å². The van der Waals surface area contributed by atoms with Crippen LogP contribution < -0.4 is 10.6 Å². The largest absolute Gasteiger partial charge is 0.399 e. The lowest BCUT2D eigenvalue weighted by molar-refractivity contribution is 0.0984. The van der Waals surface area contributed by atoms with Crippen LogP contribution in [0, 0.1) is 6.92 Å². The Hall–Kier alpha value is -2.30. The van der Waals surface area contributed by atoms with Crippen molar-refractivity contribution in [1.29, 1.82) is 0 Å². The number of aryl methyl sites for hydroxylation is 2. The van der Waals surface area contributed by atoms with Crippen LogP contribution in [0.3, 0.4) is 0 Å². The normalized spacial score (nSPS) is 14.2. The summed E-state index contributed by atoms with van der Waals surface area (Å²) in [5.74, 6) is 0.0151. The molecule has 5 heteroatoms. The third kappa shape index (κ3) is 1.95. The van der Waals surface area contributed by atoms with Gasteiger partial charge in [0.05, 0.1) is 11.8 Å². The third-order valence-electron chi connectivity index (χ3n) is 3.93. The minimum Gasteiger partial charge on any atom is -0.399 e. The van der Waals surface area contributed by atoms with Crippen molar-refractivity contribution >= 4 is 17.3 Å². The van der Waals surface area contributed by atoms with Crippen LogP contribution in [-0.2, 0) is 13.5 Å². The van der Waals surface area contributed by atoms with Gasteiger partial charge >= 0.3 is 0 Å². The molecule has 3 rings (SSSR count). The second-order valence-corrected chi connectivity index (χ2v) is 5.22. The summed E-state index contributed by atoms with van der Waals surface area (Å²) < 4.78 is 1.72. The van der Waals surface area contributed by atoms with Crippen LogP contribution in [0.25, 0.3) is 0 Å². The molecule has 2 aromatic rings. The Morgan fingerprint density at radius 1 is 1.40 bits per heavy atom. The molecule has 1 aliphatic rings. The minimum atomic E-state index is 0.0151. The molecule has 0 spiro atoms. The molecule has 2 heterocycles. The maximum Gasteiger partial charge on any atom is 0.261 e. The van der Waals surface area contributed by atoms with Gasteiger partial charge in [-0.2, -0.15) is 5.10 Å². The van der Waals surface area contributed by atoms with Crippen molar-refractivity contribution in [2.75, 3.05) is 17.2 Å². The number of anilines is 2. The lowest BCUT2D eigenvalue weighted by atomic mass is 10.00.